The summed E-state index contributed by atoms with van der Waals surface area (Å²) >= 11 is 0.863. The number of rotatable bonds is 4. The molecule has 1 N–H and O–H groups in total. The van der Waals surface area contributed by atoms with E-state index >= 15 is 0 Å². The lowest BCUT2D eigenvalue weighted by Crippen LogP contribution is -2.28. The van der Waals surface area contributed by atoms with Crippen molar-refractivity contribution in [2.24, 2.45) is 0 Å². The quantitative estimate of drug-likeness (QED) is 0.808. The largest absolute Gasteiger partial charge is 0.477 e. The van der Waals surface area contributed by atoms with Crippen LogP contribution in [0.25, 0.3) is 0 Å². The van der Waals surface area contributed by atoms with Crippen LogP contribution in [0.15, 0.2) is 16.3 Å². The molecule has 1 aromatic rings. The predicted octanol–water partition coefficient (Wildman–Crippen LogP) is 0.700. The van der Waals surface area contributed by atoms with Crippen LogP contribution in [0.4, 0.5) is 0 Å². The Morgan fingerprint density at radius 3 is 2.81 bits per heavy atom. The van der Waals surface area contributed by atoms with Gasteiger partial charge in [0.2, 0.25) is 10.0 Å². The second-order valence-electron chi connectivity index (χ2n) is 2.88. The van der Waals surface area contributed by atoms with Gasteiger partial charge in [-0.05, 0) is 11.4 Å². The molecule has 0 aromatic carbocycles. The first-order chi connectivity index (χ1) is 7.41. The Labute approximate surface area is 97.4 Å². The molecule has 0 amide bonds. The van der Waals surface area contributed by atoms with Crippen LogP contribution in [0.3, 0.4) is 0 Å². The smallest absolute Gasteiger partial charge is 0.347 e. The zero-order valence-electron chi connectivity index (χ0n) is 8.37. The van der Waals surface area contributed by atoms with Crippen LogP contribution >= 0.6 is 11.3 Å². The lowest BCUT2D eigenvalue weighted by Gasteiger charge is -2.13. The van der Waals surface area contributed by atoms with Crippen molar-refractivity contribution in [1.82, 2.24) is 4.31 Å². The monoisotopic (exact) mass is 259 g/mol. The van der Waals surface area contributed by atoms with Crippen molar-refractivity contribution < 1.29 is 18.3 Å². The van der Waals surface area contributed by atoms with Gasteiger partial charge in [0.25, 0.3) is 0 Å². The highest BCUT2D eigenvalue weighted by molar-refractivity contribution is 7.89. The molecule has 1 heterocycles. The zero-order valence-corrected chi connectivity index (χ0v) is 10.0. The Kier molecular flexibility index (Phi) is 3.70. The van der Waals surface area contributed by atoms with Crippen LogP contribution in [-0.2, 0) is 10.0 Å². The molecule has 0 aliphatic heterocycles. The third kappa shape index (κ3) is 2.24. The number of sulfonamides is 1. The van der Waals surface area contributed by atoms with Gasteiger partial charge >= 0.3 is 5.97 Å². The minimum atomic E-state index is -3.81. The van der Waals surface area contributed by atoms with Crippen LogP contribution in [-0.4, -0.2) is 37.4 Å². The predicted molar refractivity (Wildman–Crippen MR) is 59.9 cm³/mol. The second-order valence-corrected chi connectivity index (χ2v) is 5.81. The molecule has 0 unspecified atom stereocenters. The normalized spacial score (nSPS) is 11.3. The number of terminal acetylenes is 1. The van der Waals surface area contributed by atoms with Crippen LogP contribution in [0.1, 0.15) is 9.67 Å². The number of carbonyl (C=O) groups is 1. The van der Waals surface area contributed by atoms with Gasteiger partial charge in [-0.2, -0.15) is 4.31 Å². The lowest BCUT2D eigenvalue weighted by molar-refractivity contribution is 0.0698. The molecule has 86 valence electrons. The number of carboxylic acid groups (broad SMARTS) is 1. The van der Waals surface area contributed by atoms with E-state index in [-0.39, 0.29) is 16.3 Å². The molecule has 0 bridgehead atoms. The van der Waals surface area contributed by atoms with E-state index in [9.17, 15) is 13.2 Å². The summed E-state index contributed by atoms with van der Waals surface area (Å²) in [5, 5.41) is 10.2. The van der Waals surface area contributed by atoms with Crippen molar-refractivity contribution in [2.45, 2.75) is 4.90 Å². The zero-order chi connectivity index (χ0) is 12.3. The molecule has 7 heteroatoms. The molecule has 0 radical (unpaired) electrons. The van der Waals surface area contributed by atoms with E-state index in [0.717, 1.165) is 15.6 Å². The summed E-state index contributed by atoms with van der Waals surface area (Å²) in [6.45, 7) is -0.1000. The van der Waals surface area contributed by atoms with Gasteiger partial charge < -0.3 is 5.11 Å². The van der Waals surface area contributed by atoms with Gasteiger partial charge in [0.15, 0.2) is 0 Å². The Balaban J connectivity index is 3.23. The minimum absolute atomic E-state index is 0.1000. The van der Waals surface area contributed by atoms with Crippen molar-refractivity contribution in [2.75, 3.05) is 13.6 Å². The van der Waals surface area contributed by atoms with E-state index in [1.807, 2.05) is 0 Å². The fourth-order valence-electron chi connectivity index (χ4n) is 1.04. The van der Waals surface area contributed by atoms with Crippen molar-refractivity contribution in [3.05, 3.63) is 16.3 Å². The lowest BCUT2D eigenvalue weighted by atomic mass is 10.5. The van der Waals surface area contributed by atoms with Crippen molar-refractivity contribution >= 4 is 27.3 Å². The number of carboxylic acids is 1. The summed E-state index contributed by atoms with van der Waals surface area (Å²) < 4.78 is 24.7. The van der Waals surface area contributed by atoms with E-state index < -0.39 is 16.0 Å². The molecule has 1 rings (SSSR count). The topological polar surface area (TPSA) is 74.7 Å². The van der Waals surface area contributed by atoms with Gasteiger partial charge in [0.1, 0.15) is 9.77 Å². The number of thiophene rings is 1. The maximum atomic E-state index is 11.9. The SMILES string of the molecule is C#CCN(C)S(=O)(=O)c1ccsc1C(=O)O. The van der Waals surface area contributed by atoms with Crippen LogP contribution in [0, 0.1) is 12.3 Å². The van der Waals surface area contributed by atoms with Crippen LogP contribution in [0.2, 0.25) is 0 Å². The molecule has 5 nitrogen and oxygen atoms in total. The van der Waals surface area contributed by atoms with Gasteiger partial charge in [-0.3, -0.25) is 0 Å². The summed E-state index contributed by atoms with van der Waals surface area (Å²) in [4.78, 5) is 10.4. The van der Waals surface area contributed by atoms with E-state index in [0.29, 0.717) is 0 Å². The Morgan fingerprint density at radius 1 is 1.69 bits per heavy atom. The Hall–Kier alpha value is -1.36. The fraction of sp³-hybridized carbons (Fsp3) is 0.222. The maximum Gasteiger partial charge on any atom is 0.347 e. The Bertz CT molecular complexity index is 538. The Morgan fingerprint density at radius 2 is 2.31 bits per heavy atom. The minimum Gasteiger partial charge on any atom is -0.477 e. The highest BCUT2D eigenvalue weighted by atomic mass is 32.2. The molecule has 0 aliphatic rings. The van der Waals surface area contributed by atoms with Crippen LogP contribution in [0.5, 0.6) is 0 Å². The first-order valence-electron chi connectivity index (χ1n) is 4.12. The molecular formula is C9H9NO4S2. The fourth-order valence-corrected chi connectivity index (χ4v) is 3.35. The van der Waals surface area contributed by atoms with E-state index in [1.54, 1.807) is 0 Å². The molecule has 0 aliphatic carbocycles. The van der Waals surface area contributed by atoms with Gasteiger partial charge in [0.05, 0.1) is 6.54 Å². The van der Waals surface area contributed by atoms with Crippen molar-refractivity contribution in [3.63, 3.8) is 0 Å². The first-order valence-corrected chi connectivity index (χ1v) is 6.43. The average Bonchev–Trinajstić information content (AvgIpc) is 2.66. The average molecular weight is 259 g/mol. The summed E-state index contributed by atoms with van der Waals surface area (Å²) in [7, 11) is -2.51. The number of aromatic carboxylic acids is 1. The van der Waals surface area contributed by atoms with Crippen LogP contribution < -0.4 is 0 Å². The standard InChI is InChI=1S/C9H9NO4S2/c1-3-5-10(2)16(13,14)7-4-6-15-8(7)9(11)12/h1,4,6H,5H2,2H3,(H,11,12). The molecule has 16 heavy (non-hydrogen) atoms. The second kappa shape index (κ2) is 4.65. The summed E-state index contributed by atoms with van der Waals surface area (Å²) in [6, 6.07) is 1.26. The highest BCUT2D eigenvalue weighted by Gasteiger charge is 2.27. The third-order valence-corrected chi connectivity index (χ3v) is 4.70. The number of nitrogens with zero attached hydrogens (tertiary/aromatic N) is 1. The van der Waals surface area contributed by atoms with Crippen molar-refractivity contribution in [3.8, 4) is 12.3 Å². The summed E-state index contributed by atoms with van der Waals surface area (Å²) in [5.74, 6) is 0.926. The highest BCUT2D eigenvalue weighted by Crippen LogP contribution is 2.24. The summed E-state index contributed by atoms with van der Waals surface area (Å²) in [5.41, 5.74) is 0. The van der Waals surface area contributed by atoms with Crippen molar-refractivity contribution in [1.29, 1.82) is 0 Å². The molecule has 0 fully saturated rings. The van der Waals surface area contributed by atoms with E-state index in [2.05, 4.69) is 5.92 Å². The molecule has 0 spiro atoms. The van der Waals surface area contributed by atoms with Gasteiger partial charge in [-0.25, -0.2) is 13.2 Å². The maximum absolute atomic E-state index is 11.9. The third-order valence-electron chi connectivity index (χ3n) is 1.83. The molecular weight excluding hydrogens is 250 g/mol. The molecule has 0 saturated carbocycles. The molecule has 1 aromatic heterocycles. The van der Waals surface area contributed by atoms with E-state index in [1.165, 1.54) is 18.5 Å². The molecule has 0 atom stereocenters. The number of hydrogen-bond donors (Lipinski definition) is 1. The number of hydrogen-bond acceptors (Lipinski definition) is 4. The van der Waals surface area contributed by atoms with Gasteiger partial charge in [0, 0.05) is 7.05 Å². The van der Waals surface area contributed by atoms with Gasteiger partial charge in [-0.1, -0.05) is 5.92 Å². The van der Waals surface area contributed by atoms with Gasteiger partial charge in [-0.15, -0.1) is 17.8 Å². The summed E-state index contributed by atoms with van der Waals surface area (Å²) in [6.07, 6.45) is 5.01. The first kappa shape index (κ1) is 12.7. The van der Waals surface area contributed by atoms with E-state index in [4.69, 9.17) is 11.5 Å². The molecule has 0 saturated heterocycles.